The molecule has 0 aliphatic carbocycles. The van der Waals surface area contributed by atoms with Crippen molar-refractivity contribution in [2.75, 3.05) is 7.05 Å². The molecular weight excluding hydrogens is 270 g/mol. The highest BCUT2D eigenvalue weighted by Crippen LogP contribution is 2.38. The van der Waals surface area contributed by atoms with Gasteiger partial charge in [0.2, 0.25) is 0 Å². The molecule has 1 amide bonds. The monoisotopic (exact) mass is 284 g/mol. The van der Waals surface area contributed by atoms with Crippen LogP contribution in [0, 0.1) is 0 Å². The summed E-state index contributed by atoms with van der Waals surface area (Å²) < 4.78 is -0.0144. The fraction of sp³-hybridized carbons (Fsp3) is 0.0667. The standard InChI is InChI=1S/C15H14N3OS/c1-18(10-19)14(9-20-15(18)17-16)13-7-6-11-4-2-3-5-12(11)8-13/h2-10H,16H2,1H3/q+1. The Kier molecular flexibility index (Phi) is 3.08. The Morgan fingerprint density at radius 3 is 2.65 bits per heavy atom. The number of thioether (sulfide) groups is 1. The molecule has 1 aliphatic heterocycles. The Morgan fingerprint density at radius 2 is 1.95 bits per heavy atom. The Bertz CT molecular complexity index is 754. The minimum absolute atomic E-state index is 0.0144. The summed E-state index contributed by atoms with van der Waals surface area (Å²) in [6, 6.07) is 14.3. The van der Waals surface area contributed by atoms with Crippen LogP contribution in [0.5, 0.6) is 0 Å². The topological polar surface area (TPSA) is 55.5 Å². The van der Waals surface area contributed by atoms with Crippen molar-refractivity contribution in [2.24, 2.45) is 10.9 Å². The van der Waals surface area contributed by atoms with Crippen LogP contribution in [0.2, 0.25) is 0 Å². The fourth-order valence-electron chi connectivity index (χ4n) is 2.37. The SMILES string of the molecule is C[N+]1(C=O)C(c2ccc3ccccc3c2)=CSC1=NN. The lowest BCUT2D eigenvalue weighted by atomic mass is 10.0. The predicted molar refractivity (Wildman–Crippen MR) is 83.4 cm³/mol. The van der Waals surface area contributed by atoms with Crippen molar-refractivity contribution in [1.82, 2.24) is 0 Å². The maximum absolute atomic E-state index is 11.5. The Morgan fingerprint density at radius 1 is 1.20 bits per heavy atom. The number of hydrogen-bond donors (Lipinski definition) is 1. The van der Waals surface area contributed by atoms with Gasteiger partial charge in [-0.3, -0.25) is 0 Å². The lowest BCUT2D eigenvalue weighted by molar-refractivity contribution is -0.643. The summed E-state index contributed by atoms with van der Waals surface area (Å²) in [5.41, 5.74) is 1.89. The van der Waals surface area contributed by atoms with Gasteiger partial charge in [0.15, 0.2) is 5.70 Å². The number of carbonyl (C=O) groups excluding carboxylic acids is 1. The largest absolute Gasteiger partial charge is 0.317 e. The van der Waals surface area contributed by atoms with E-state index in [1.165, 1.54) is 17.1 Å². The Balaban J connectivity index is 2.14. The first-order valence-electron chi connectivity index (χ1n) is 6.16. The van der Waals surface area contributed by atoms with Crippen LogP contribution < -0.4 is 5.84 Å². The second-order valence-electron chi connectivity index (χ2n) is 4.78. The summed E-state index contributed by atoms with van der Waals surface area (Å²) in [6.07, 6.45) is 0.854. The van der Waals surface area contributed by atoms with Crippen LogP contribution in [0.1, 0.15) is 5.56 Å². The van der Waals surface area contributed by atoms with Crippen molar-refractivity contribution in [3.63, 3.8) is 0 Å². The molecule has 0 radical (unpaired) electrons. The zero-order valence-electron chi connectivity index (χ0n) is 11.0. The highest BCUT2D eigenvalue weighted by atomic mass is 32.2. The van der Waals surface area contributed by atoms with Crippen molar-refractivity contribution in [1.29, 1.82) is 0 Å². The summed E-state index contributed by atoms with van der Waals surface area (Å²) >= 11 is 1.39. The van der Waals surface area contributed by atoms with Gasteiger partial charge in [-0.15, -0.1) is 5.10 Å². The van der Waals surface area contributed by atoms with Crippen molar-refractivity contribution in [3.05, 3.63) is 53.4 Å². The first-order valence-corrected chi connectivity index (χ1v) is 7.04. The van der Waals surface area contributed by atoms with E-state index in [9.17, 15) is 4.79 Å². The van der Waals surface area contributed by atoms with E-state index in [0.29, 0.717) is 5.17 Å². The van der Waals surface area contributed by atoms with Crippen molar-refractivity contribution >= 4 is 39.8 Å². The third-order valence-corrected chi connectivity index (χ3v) is 4.58. The molecule has 1 aliphatic rings. The van der Waals surface area contributed by atoms with Gasteiger partial charge in [0.05, 0.1) is 7.05 Å². The number of carbonyl (C=O) groups is 1. The maximum atomic E-state index is 11.5. The van der Waals surface area contributed by atoms with Gasteiger partial charge in [-0.2, -0.15) is 4.48 Å². The second-order valence-corrected chi connectivity index (χ2v) is 5.61. The molecule has 3 rings (SSSR count). The fourth-order valence-corrected chi connectivity index (χ4v) is 3.36. The highest BCUT2D eigenvalue weighted by molar-refractivity contribution is 8.16. The van der Waals surface area contributed by atoms with Crippen LogP contribution in [0.3, 0.4) is 0 Å². The van der Waals surface area contributed by atoms with Gasteiger partial charge in [-0.05, 0) is 34.7 Å². The molecule has 1 heterocycles. The molecule has 0 bridgehead atoms. The lowest BCUT2D eigenvalue weighted by Crippen LogP contribution is -2.42. The van der Waals surface area contributed by atoms with E-state index in [1.807, 2.05) is 23.6 Å². The zero-order valence-corrected chi connectivity index (χ0v) is 11.8. The molecule has 0 spiro atoms. The summed E-state index contributed by atoms with van der Waals surface area (Å²) in [4.78, 5) is 11.5. The summed E-state index contributed by atoms with van der Waals surface area (Å²) in [7, 11) is 1.79. The molecule has 2 aromatic rings. The van der Waals surface area contributed by atoms with Crippen molar-refractivity contribution < 1.29 is 9.28 Å². The number of rotatable bonds is 2. The third kappa shape index (κ3) is 1.83. The summed E-state index contributed by atoms with van der Waals surface area (Å²) in [5, 5.41) is 8.55. The minimum atomic E-state index is -0.0144. The van der Waals surface area contributed by atoms with Gasteiger partial charge in [-0.1, -0.05) is 30.3 Å². The Hall–Kier alpha value is -2.11. The molecule has 0 saturated carbocycles. The molecule has 20 heavy (non-hydrogen) atoms. The molecule has 0 saturated heterocycles. The van der Waals surface area contributed by atoms with Gasteiger partial charge in [0.1, 0.15) is 0 Å². The van der Waals surface area contributed by atoms with Crippen molar-refractivity contribution in [2.45, 2.75) is 0 Å². The van der Waals surface area contributed by atoms with Gasteiger partial charge in [0, 0.05) is 11.0 Å². The normalized spacial score (nSPS) is 24.1. The van der Waals surface area contributed by atoms with E-state index in [2.05, 4.69) is 29.4 Å². The molecule has 1 unspecified atom stereocenters. The molecule has 0 aromatic heterocycles. The number of fused-ring (bicyclic) bond motifs is 1. The molecular formula is C15H14N3OS+. The van der Waals surface area contributed by atoms with Crippen LogP contribution in [0.15, 0.2) is 53.0 Å². The van der Waals surface area contributed by atoms with Crippen LogP contribution in [-0.4, -0.2) is 23.1 Å². The smallest absolute Gasteiger partial charge is 0.313 e. The molecule has 1 atom stereocenters. The van der Waals surface area contributed by atoms with Gasteiger partial charge >= 0.3 is 6.41 Å². The number of nitrogens with zero attached hydrogens (tertiary/aromatic N) is 2. The highest BCUT2D eigenvalue weighted by Gasteiger charge is 2.41. The zero-order chi connectivity index (χ0) is 14.2. The first-order chi connectivity index (χ1) is 9.69. The molecule has 5 heteroatoms. The number of nitrogens with two attached hydrogens (primary N) is 1. The van der Waals surface area contributed by atoms with Gasteiger partial charge < -0.3 is 5.84 Å². The van der Waals surface area contributed by atoms with E-state index in [0.717, 1.165) is 23.1 Å². The summed E-state index contributed by atoms with van der Waals surface area (Å²) in [5.74, 6) is 5.38. The maximum Gasteiger partial charge on any atom is 0.313 e. The number of benzene rings is 2. The van der Waals surface area contributed by atoms with Gasteiger partial charge in [-0.25, -0.2) is 4.79 Å². The number of amidine groups is 1. The van der Waals surface area contributed by atoms with Crippen LogP contribution in [-0.2, 0) is 4.79 Å². The van der Waals surface area contributed by atoms with Gasteiger partial charge in [0.25, 0.3) is 5.17 Å². The van der Waals surface area contributed by atoms with E-state index in [-0.39, 0.29) is 4.48 Å². The van der Waals surface area contributed by atoms with E-state index in [1.54, 1.807) is 7.05 Å². The minimum Gasteiger partial charge on any atom is -0.317 e. The molecule has 4 nitrogen and oxygen atoms in total. The number of quaternary nitrogens is 1. The predicted octanol–water partition coefficient (Wildman–Crippen LogP) is 2.72. The van der Waals surface area contributed by atoms with E-state index < -0.39 is 0 Å². The molecule has 0 fully saturated rings. The number of amides is 1. The quantitative estimate of drug-likeness (QED) is 0.399. The molecule has 100 valence electrons. The second kappa shape index (κ2) is 4.77. The van der Waals surface area contributed by atoms with E-state index in [4.69, 9.17) is 5.84 Å². The average Bonchev–Trinajstić information content (AvgIpc) is 2.84. The lowest BCUT2D eigenvalue weighted by Gasteiger charge is -2.22. The van der Waals surface area contributed by atoms with Crippen molar-refractivity contribution in [3.8, 4) is 0 Å². The third-order valence-electron chi connectivity index (χ3n) is 3.54. The molecule has 2 aromatic carbocycles. The number of hydrogen-bond acceptors (Lipinski definition) is 4. The van der Waals surface area contributed by atoms with E-state index >= 15 is 0 Å². The van der Waals surface area contributed by atoms with Crippen LogP contribution in [0.4, 0.5) is 0 Å². The van der Waals surface area contributed by atoms with Crippen LogP contribution in [0.25, 0.3) is 16.5 Å². The first kappa shape index (κ1) is 12.9. The Labute approximate surface area is 121 Å². The average molecular weight is 284 g/mol. The molecule has 2 N–H and O–H groups in total. The summed E-state index contributed by atoms with van der Waals surface area (Å²) in [6.45, 7) is 0. The number of hydrazone groups is 1. The van der Waals surface area contributed by atoms with Crippen LogP contribution >= 0.6 is 11.8 Å².